The van der Waals surface area contributed by atoms with E-state index < -0.39 is 12.7 Å². The molecule has 0 spiro atoms. The van der Waals surface area contributed by atoms with Crippen LogP contribution >= 0.6 is 0 Å². The van der Waals surface area contributed by atoms with Crippen molar-refractivity contribution in [2.45, 2.75) is 32.6 Å². The highest BCUT2D eigenvalue weighted by atomic mass is 19.4. The van der Waals surface area contributed by atoms with Gasteiger partial charge >= 0.3 is 6.18 Å². The maximum atomic E-state index is 12.5. The van der Waals surface area contributed by atoms with Gasteiger partial charge < -0.3 is 10.2 Å². The summed E-state index contributed by atoms with van der Waals surface area (Å²) in [7, 11) is 1.77. The maximum Gasteiger partial charge on any atom is 0.405 e. The molecule has 0 amide bonds. The largest absolute Gasteiger partial charge is 0.405 e. The lowest BCUT2D eigenvalue weighted by Gasteiger charge is -2.29. The number of rotatable bonds is 5. The molecule has 0 bridgehead atoms. The number of anilines is 1. The smallest absolute Gasteiger partial charge is 0.345 e. The molecule has 0 aromatic carbocycles. The number of hydrogen-bond donors (Lipinski definition) is 1. The summed E-state index contributed by atoms with van der Waals surface area (Å²) in [6.07, 6.45) is -4.23. The van der Waals surface area contributed by atoms with Gasteiger partial charge in [-0.2, -0.15) is 13.2 Å². The van der Waals surface area contributed by atoms with Crippen molar-refractivity contribution in [3.8, 4) is 0 Å². The Morgan fingerprint density at radius 2 is 2.00 bits per heavy atom. The lowest BCUT2D eigenvalue weighted by atomic mass is 10.2. The fourth-order valence-electron chi connectivity index (χ4n) is 1.63. The zero-order valence-corrected chi connectivity index (χ0v) is 10.8. The minimum Gasteiger partial charge on any atom is -0.345 e. The van der Waals surface area contributed by atoms with Crippen LogP contribution < -0.4 is 10.2 Å². The third-order valence-electron chi connectivity index (χ3n) is 2.42. The van der Waals surface area contributed by atoms with Crippen LogP contribution in [0, 0.1) is 0 Å². The Hall–Kier alpha value is -1.30. The van der Waals surface area contributed by atoms with Gasteiger partial charge in [0.25, 0.3) is 0 Å². The zero-order chi connectivity index (χ0) is 13.8. The van der Waals surface area contributed by atoms with Crippen molar-refractivity contribution < 1.29 is 13.2 Å². The molecular formula is C12H18F3N3. The van der Waals surface area contributed by atoms with Crippen molar-refractivity contribution in [3.63, 3.8) is 0 Å². The van der Waals surface area contributed by atoms with Gasteiger partial charge in [-0.25, -0.2) is 4.98 Å². The summed E-state index contributed by atoms with van der Waals surface area (Å²) in [4.78, 5) is 5.48. The van der Waals surface area contributed by atoms with Gasteiger partial charge in [-0.1, -0.05) is 6.07 Å². The summed E-state index contributed by atoms with van der Waals surface area (Å²) in [6, 6.07) is 4.85. The Labute approximate surface area is 105 Å². The lowest BCUT2D eigenvalue weighted by Crippen LogP contribution is -2.39. The van der Waals surface area contributed by atoms with E-state index in [0.717, 1.165) is 5.69 Å². The second kappa shape index (κ2) is 6.04. The van der Waals surface area contributed by atoms with E-state index in [1.807, 2.05) is 0 Å². The number of hydrogen-bond acceptors (Lipinski definition) is 3. The topological polar surface area (TPSA) is 28.2 Å². The number of nitrogens with one attached hydrogen (secondary N) is 1. The predicted molar refractivity (Wildman–Crippen MR) is 65.5 cm³/mol. The van der Waals surface area contributed by atoms with Gasteiger partial charge in [0.1, 0.15) is 12.4 Å². The van der Waals surface area contributed by atoms with E-state index in [0.29, 0.717) is 12.4 Å². The molecule has 0 aliphatic heterocycles. The van der Waals surface area contributed by atoms with Crippen LogP contribution in [-0.4, -0.2) is 30.8 Å². The van der Waals surface area contributed by atoms with Crippen LogP contribution in [0.4, 0.5) is 19.0 Å². The fourth-order valence-corrected chi connectivity index (χ4v) is 1.63. The van der Waals surface area contributed by atoms with E-state index in [9.17, 15) is 13.2 Å². The Kier molecular flexibility index (Phi) is 4.95. The second-order valence-corrected chi connectivity index (χ2v) is 4.35. The fraction of sp³-hybridized carbons (Fsp3) is 0.583. The third-order valence-corrected chi connectivity index (χ3v) is 2.42. The standard InChI is InChI=1S/C12H18F3N3/c1-9(2)18(8-12(13,14)15)11-6-4-5-10(17-11)7-16-3/h4-6,9,16H,7-8H2,1-3H3. The summed E-state index contributed by atoms with van der Waals surface area (Å²) >= 11 is 0. The number of pyridine rings is 1. The molecule has 0 saturated carbocycles. The van der Waals surface area contributed by atoms with Crippen LogP contribution in [0.25, 0.3) is 0 Å². The summed E-state index contributed by atoms with van der Waals surface area (Å²) < 4.78 is 37.6. The third kappa shape index (κ3) is 4.52. The van der Waals surface area contributed by atoms with Crippen LogP contribution in [0.3, 0.4) is 0 Å². The van der Waals surface area contributed by atoms with E-state index in [1.54, 1.807) is 39.1 Å². The molecule has 0 atom stereocenters. The van der Waals surface area contributed by atoms with Crippen molar-refractivity contribution >= 4 is 5.82 Å². The molecule has 1 aromatic heterocycles. The SMILES string of the molecule is CNCc1cccc(N(CC(F)(F)F)C(C)C)n1. The van der Waals surface area contributed by atoms with Gasteiger partial charge in [-0.15, -0.1) is 0 Å². The first-order valence-electron chi connectivity index (χ1n) is 5.77. The Bertz CT molecular complexity index is 377. The molecule has 18 heavy (non-hydrogen) atoms. The number of nitrogens with zero attached hydrogens (tertiary/aromatic N) is 2. The molecule has 0 fully saturated rings. The normalized spacial score (nSPS) is 11.9. The van der Waals surface area contributed by atoms with E-state index in [4.69, 9.17) is 0 Å². The predicted octanol–water partition coefficient (Wildman–Crippen LogP) is 2.58. The Morgan fingerprint density at radius 3 is 2.50 bits per heavy atom. The summed E-state index contributed by atoms with van der Waals surface area (Å²) in [5.74, 6) is 0.357. The highest BCUT2D eigenvalue weighted by molar-refractivity contribution is 5.40. The van der Waals surface area contributed by atoms with Crippen LogP contribution in [0.15, 0.2) is 18.2 Å². The van der Waals surface area contributed by atoms with Crippen molar-refractivity contribution in [2.75, 3.05) is 18.5 Å². The van der Waals surface area contributed by atoms with Crippen molar-refractivity contribution in [1.82, 2.24) is 10.3 Å². The molecule has 102 valence electrons. The maximum absolute atomic E-state index is 12.5. The van der Waals surface area contributed by atoms with Gasteiger partial charge in [0.2, 0.25) is 0 Å². The average Bonchev–Trinajstić information content (AvgIpc) is 2.25. The molecule has 1 N–H and O–H groups in total. The second-order valence-electron chi connectivity index (χ2n) is 4.35. The molecule has 1 aromatic rings. The van der Waals surface area contributed by atoms with Gasteiger partial charge in [0.05, 0.1) is 5.69 Å². The first kappa shape index (κ1) is 14.8. The molecule has 0 radical (unpaired) electrons. The lowest BCUT2D eigenvalue weighted by molar-refractivity contribution is -0.120. The van der Waals surface area contributed by atoms with Crippen LogP contribution in [-0.2, 0) is 6.54 Å². The molecular weight excluding hydrogens is 243 g/mol. The summed E-state index contributed by atoms with van der Waals surface area (Å²) in [5.41, 5.74) is 0.725. The molecule has 6 heteroatoms. The minimum atomic E-state index is -4.23. The quantitative estimate of drug-likeness (QED) is 0.883. The van der Waals surface area contributed by atoms with Crippen LogP contribution in [0.2, 0.25) is 0 Å². The molecule has 0 aliphatic rings. The highest BCUT2D eigenvalue weighted by Crippen LogP contribution is 2.22. The van der Waals surface area contributed by atoms with E-state index in [2.05, 4.69) is 10.3 Å². The first-order chi connectivity index (χ1) is 8.33. The minimum absolute atomic E-state index is 0.260. The van der Waals surface area contributed by atoms with Crippen molar-refractivity contribution in [1.29, 1.82) is 0 Å². The van der Waals surface area contributed by atoms with Gasteiger partial charge in [-0.05, 0) is 33.0 Å². The molecule has 1 heterocycles. The number of aromatic nitrogens is 1. The van der Waals surface area contributed by atoms with Gasteiger partial charge in [0, 0.05) is 12.6 Å². The zero-order valence-electron chi connectivity index (χ0n) is 10.8. The highest BCUT2D eigenvalue weighted by Gasteiger charge is 2.32. The van der Waals surface area contributed by atoms with Crippen molar-refractivity contribution in [2.24, 2.45) is 0 Å². The van der Waals surface area contributed by atoms with E-state index in [1.165, 1.54) is 4.90 Å². The molecule has 0 aliphatic carbocycles. The number of halogens is 3. The Balaban J connectivity index is 2.95. The van der Waals surface area contributed by atoms with E-state index in [-0.39, 0.29) is 6.04 Å². The monoisotopic (exact) mass is 261 g/mol. The molecule has 1 rings (SSSR count). The molecule has 0 saturated heterocycles. The van der Waals surface area contributed by atoms with Crippen LogP contribution in [0.1, 0.15) is 19.5 Å². The van der Waals surface area contributed by atoms with Crippen molar-refractivity contribution in [3.05, 3.63) is 23.9 Å². The summed E-state index contributed by atoms with van der Waals surface area (Å²) in [6.45, 7) is 2.99. The van der Waals surface area contributed by atoms with E-state index >= 15 is 0 Å². The average molecular weight is 261 g/mol. The summed E-state index contributed by atoms with van der Waals surface area (Å²) in [5, 5.41) is 2.92. The number of alkyl halides is 3. The first-order valence-corrected chi connectivity index (χ1v) is 5.77. The molecule has 3 nitrogen and oxygen atoms in total. The molecule has 0 unspecified atom stereocenters. The van der Waals surface area contributed by atoms with Gasteiger partial charge in [-0.3, -0.25) is 0 Å². The van der Waals surface area contributed by atoms with Crippen LogP contribution in [0.5, 0.6) is 0 Å². The van der Waals surface area contributed by atoms with Gasteiger partial charge in [0.15, 0.2) is 0 Å². The Morgan fingerprint density at radius 1 is 1.33 bits per heavy atom.